The fourth-order valence-electron chi connectivity index (χ4n) is 1.74. The number of rotatable bonds is 2. The Hall–Kier alpha value is -1.22. The quantitative estimate of drug-likeness (QED) is 0.784. The molecular formula is C11H14O3. The maximum absolute atomic E-state index is 9.41. The van der Waals surface area contributed by atoms with Crippen LogP contribution >= 0.6 is 0 Å². The SMILES string of the molecule is COc1cc(C2CCCO2)ccc1O. The van der Waals surface area contributed by atoms with Crippen LogP contribution in [0.4, 0.5) is 0 Å². The maximum Gasteiger partial charge on any atom is 0.160 e. The fourth-order valence-corrected chi connectivity index (χ4v) is 1.74. The van der Waals surface area contributed by atoms with Gasteiger partial charge in [0.1, 0.15) is 0 Å². The number of hydrogen-bond acceptors (Lipinski definition) is 3. The molecule has 0 bridgehead atoms. The molecule has 14 heavy (non-hydrogen) atoms. The van der Waals surface area contributed by atoms with E-state index in [4.69, 9.17) is 9.47 Å². The zero-order valence-electron chi connectivity index (χ0n) is 8.19. The number of methoxy groups -OCH3 is 1. The molecule has 0 aromatic heterocycles. The van der Waals surface area contributed by atoms with Crippen molar-refractivity contribution in [3.05, 3.63) is 23.8 Å². The van der Waals surface area contributed by atoms with Crippen LogP contribution < -0.4 is 4.74 Å². The number of ether oxygens (including phenoxy) is 2. The molecule has 1 aromatic carbocycles. The smallest absolute Gasteiger partial charge is 0.160 e. The summed E-state index contributed by atoms with van der Waals surface area (Å²) in [5.74, 6) is 0.687. The van der Waals surface area contributed by atoms with Gasteiger partial charge in [-0.25, -0.2) is 0 Å². The first-order chi connectivity index (χ1) is 6.81. The molecule has 1 aliphatic rings. The Balaban J connectivity index is 2.25. The number of benzene rings is 1. The van der Waals surface area contributed by atoms with E-state index in [-0.39, 0.29) is 11.9 Å². The molecule has 0 aliphatic carbocycles. The lowest BCUT2D eigenvalue weighted by Gasteiger charge is -2.11. The first-order valence-electron chi connectivity index (χ1n) is 4.80. The van der Waals surface area contributed by atoms with Gasteiger partial charge in [-0.2, -0.15) is 0 Å². The lowest BCUT2D eigenvalue weighted by atomic mass is 10.1. The van der Waals surface area contributed by atoms with Crippen LogP contribution in [0.1, 0.15) is 24.5 Å². The number of phenolic OH excluding ortho intramolecular Hbond substituents is 1. The van der Waals surface area contributed by atoms with Gasteiger partial charge in [-0.1, -0.05) is 6.07 Å². The van der Waals surface area contributed by atoms with E-state index in [9.17, 15) is 5.11 Å². The molecule has 1 unspecified atom stereocenters. The molecule has 1 atom stereocenters. The van der Waals surface area contributed by atoms with Crippen molar-refractivity contribution in [2.24, 2.45) is 0 Å². The lowest BCUT2D eigenvalue weighted by molar-refractivity contribution is 0.111. The number of aromatic hydroxyl groups is 1. The Bertz CT molecular complexity index is 316. The molecule has 0 saturated carbocycles. The van der Waals surface area contributed by atoms with Crippen molar-refractivity contribution in [1.29, 1.82) is 0 Å². The van der Waals surface area contributed by atoms with Gasteiger partial charge in [0.15, 0.2) is 11.5 Å². The molecule has 1 aliphatic heterocycles. The van der Waals surface area contributed by atoms with Crippen LogP contribution in [0, 0.1) is 0 Å². The van der Waals surface area contributed by atoms with Crippen LogP contribution in [0.5, 0.6) is 11.5 Å². The van der Waals surface area contributed by atoms with Crippen LogP contribution in [-0.2, 0) is 4.74 Å². The minimum atomic E-state index is 0.171. The van der Waals surface area contributed by atoms with Gasteiger partial charge in [0.2, 0.25) is 0 Å². The van der Waals surface area contributed by atoms with Crippen molar-refractivity contribution in [2.45, 2.75) is 18.9 Å². The van der Waals surface area contributed by atoms with E-state index >= 15 is 0 Å². The van der Waals surface area contributed by atoms with Crippen LogP contribution in [0.15, 0.2) is 18.2 Å². The first-order valence-corrected chi connectivity index (χ1v) is 4.80. The van der Waals surface area contributed by atoms with Crippen molar-refractivity contribution in [3.8, 4) is 11.5 Å². The predicted molar refractivity (Wildman–Crippen MR) is 52.6 cm³/mol. The Morgan fingerprint density at radius 1 is 1.50 bits per heavy atom. The summed E-state index contributed by atoms with van der Waals surface area (Å²) in [5.41, 5.74) is 1.08. The number of hydrogen-bond donors (Lipinski definition) is 1. The van der Waals surface area contributed by atoms with E-state index in [0.29, 0.717) is 5.75 Å². The van der Waals surface area contributed by atoms with Crippen LogP contribution in [0.3, 0.4) is 0 Å². The first kappa shape index (κ1) is 9.34. The van der Waals surface area contributed by atoms with Crippen LogP contribution in [-0.4, -0.2) is 18.8 Å². The average Bonchev–Trinajstić information content (AvgIpc) is 2.71. The third kappa shape index (κ3) is 1.68. The number of phenols is 1. The molecule has 1 heterocycles. The summed E-state index contributed by atoms with van der Waals surface area (Å²) in [5, 5.41) is 9.41. The minimum absolute atomic E-state index is 0.171. The van der Waals surface area contributed by atoms with Gasteiger partial charge < -0.3 is 14.6 Å². The predicted octanol–water partition coefficient (Wildman–Crippen LogP) is 2.25. The van der Waals surface area contributed by atoms with E-state index in [1.807, 2.05) is 12.1 Å². The molecule has 3 nitrogen and oxygen atoms in total. The van der Waals surface area contributed by atoms with Crippen molar-refractivity contribution in [1.82, 2.24) is 0 Å². The van der Waals surface area contributed by atoms with Crippen molar-refractivity contribution < 1.29 is 14.6 Å². The summed E-state index contributed by atoms with van der Waals surface area (Å²) >= 11 is 0. The summed E-state index contributed by atoms with van der Waals surface area (Å²) in [6, 6.07) is 5.37. The Morgan fingerprint density at radius 2 is 2.36 bits per heavy atom. The Kier molecular flexibility index (Phi) is 2.59. The van der Waals surface area contributed by atoms with Gasteiger partial charge in [0.05, 0.1) is 13.2 Å². The Morgan fingerprint density at radius 3 is 3.00 bits per heavy atom. The molecule has 1 N–H and O–H groups in total. The van der Waals surface area contributed by atoms with Gasteiger partial charge in [-0.05, 0) is 30.5 Å². The van der Waals surface area contributed by atoms with E-state index < -0.39 is 0 Å². The molecule has 1 saturated heterocycles. The third-order valence-electron chi connectivity index (χ3n) is 2.51. The normalized spacial score (nSPS) is 21.1. The zero-order valence-corrected chi connectivity index (χ0v) is 8.19. The van der Waals surface area contributed by atoms with Gasteiger partial charge in [0, 0.05) is 6.61 Å². The molecule has 0 radical (unpaired) electrons. The maximum atomic E-state index is 9.41. The molecular weight excluding hydrogens is 180 g/mol. The highest BCUT2D eigenvalue weighted by Crippen LogP contribution is 2.34. The van der Waals surface area contributed by atoms with Gasteiger partial charge in [-0.15, -0.1) is 0 Å². The van der Waals surface area contributed by atoms with E-state index in [2.05, 4.69) is 0 Å². The highest BCUT2D eigenvalue weighted by Gasteiger charge is 2.18. The highest BCUT2D eigenvalue weighted by molar-refractivity contribution is 5.42. The molecule has 2 rings (SSSR count). The second kappa shape index (κ2) is 3.88. The molecule has 3 heteroatoms. The topological polar surface area (TPSA) is 38.7 Å². The van der Waals surface area contributed by atoms with Crippen molar-refractivity contribution in [3.63, 3.8) is 0 Å². The average molecular weight is 194 g/mol. The molecule has 1 aromatic rings. The van der Waals surface area contributed by atoms with E-state index in [0.717, 1.165) is 25.0 Å². The van der Waals surface area contributed by atoms with Gasteiger partial charge in [0.25, 0.3) is 0 Å². The van der Waals surface area contributed by atoms with Crippen molar-refractivity contribution >= 4 is 0 Å². The third-order valence-corrected chi connectivity index (χ3v) is 2.51. The lowest BCUT2D eigenvalue weighted by Crippen LogP contribution is -1.96. The second-order valence-electron chi connectivity index (χ2n) is 3.43. The summed E-state index contributed by atoms with van der Waals surface area (Å²) in [7, 11) is 1.55. The van der Waals surface area contributed by atoms with Crippen LogP contribution in [0.2, 0.25) is 0 Å². The van der Waals surface area contributed by atoms with Gasteiger partial charge in [-0.3, -0.25) is 0 Å². The van der Waals surface area contributed by atoms with Crippen molar-refractivity contribution in [2.75, 3.05) is 13.7 Å². The van der Waals surface area contributed by atoms with E-state index in [1.54, 1.807) is 13.2 Å². The zero-order chi connectivity index (χ0) is 9.97. The molecule has 1 fully saturated rings. The highest BCUT2D eigenvalue weighted by atomic mass is 16.5. The Labute approximate surface area is 83.3 Å². The summed E-state index contributed by atoms with van der Waals surface area (Å²) in [4.78, 5) is 0. The standard InChI is InChI=1S/C11H14O3/c1-13-11-7-8(4-5-9(11)12)10-3-2-6-14-10/h4-5,7,10,12H,2-3,6H2,1H3. The van der Waals surface area contributed by atoms with Crippen LogP contribution in [0.25, 0.3) is 0 Å². The molecule has 76 valence electrons. The van der Waals surface area contributed by atoms with E-state index in [1.165, 1.54) is 0 Å². The largest absolute Gasteiger partial charge is 0.504 e. The van der Waals surface area contributed by atoms with Gasteiger partial charge >= 0.3 is 0 Å². The second-order valence-corrected chi connectivity index (χ2v) is 3.43. The minimum Gasteiger partial charge on any atom is -0.504 e. The summed E-state index contributed by atoms with van der Waals surface area (Å²) in [6.45, 7) is 0.827. The molecule has 0 amide bonds. The monoisotopic (exact) mass is 194 g/mol. The summed E-state index contributed by atoms with van der Waals surface area (Å²) < 4.78 is 10.6. The fraction of sp³-hybridized carbons (Fsp3) is 0.455. The summed E-state index contributed by atoms with van der Waals surface area (Å²) in [6.07, 6.45) is 2.33. The molecule has 0 spiro atoms.